The Hall–Kier alpha value is -2.38. The van der Waals surface area contributed by atoms with E-state index in [1.165, 1.54) is 5.69 Å². The fraction of sp³-hybridized carbons (Fsp3) is 0.211. The van der Waals surface area contributed by atoms with Gasteiger partial charge in [-0.3, -0.25) is 0 Å². The first-order valence-corrected chi connectivity index (χ1v) is 8.11. The van der Waals surface area contributed by atoms with Gasteiger partial charge in [-0.15, -0.1) is 12.6 Å². The Bertz CT molecular complexity index is 738. The molecule has 3 rings (SSSR count). The van der Waals surface area contributed by atoms with Crippen molar-refractivity contribution in [3.63, 3.8) is 0 Å². The van der Waals surface area contributed by atoms with Crippen LogP contribution in [0.15, 0.2) is 60.0 Å². The molecular formula is C19H19N3S. The lowest BCUT2D eigenvalue weighted by Gasteiger charge is -2.38. The number of thiol groups is 1. The molecule has 3 nitrogen and oxygen atoms in total. The van der Waals surface area contributed by atoms with Crippen LogP contribution in [0.1, 0.15) is 11.1 Å². The minimum atomic E-state index is 0.678. The van der Waals surface area contributed by atoms with Gasteiger partial charge in [0.05, 0.1) is 17.3 Å². The van der Waals surface area contributed by atoms with E-state index in [0.717, 1.165) is 42.3 Å². The average Bonchev–Trinajstić information content (AvgIpc) is 2.62. The fourth-order valence-corrected chi connectivity index (χ4v) is 3.17. The molecule has 116 valence electrons. The number of para-hydroxylation sites is 1. The van der Waals surface area contributed by atoms with Crippen molar-refractivity contribution in [2.75, 3.05) is 31.1 Å². The Morgan fingerprint density at radius 3 is 2.26 bits per heavy atom. The third kappa shape index (κ3) is 3.35. The van der Waals surface area contributed by atoms with Crippen molar-refractivity contribution in [1.82, 2.24) is 4.90 Å². The summed E-state index contributed by atoms with van der Waals surface area (Å²) >= 11 is 4.55. The molecule has 1 heterocycles. The van der Waals surface area contributed by atoms with E-state index >= 15 is 0 Å². The van der Waals surface area contributed by atoms with Gasteiger partial charge in [-0.2, -0.15) is 5.26 Å². The summed E-state index contributed by atoms with van der Waals surface area (Å²) in [6, 6.07) is 18.0. The van der Waals surface area contributed by atoms with Crippen LogP contribution in [-0.4, -0.2) is 31.1 Å². The predicted octanol–water partition coefficient (Wildman–Crippen LogP) is 3.64. The first kappa shape index (κ1) is 15.5. The maximum Gasteiger partial charge on any atom is 0.0991 e. The first-order valence-electron chi connectivity index (χ1n) is 7.66. The van der Waals surface area contributed by atoms with Crippen LogP contribution in [0.5, 0.6) is 0 Å². The van der Waals surface area contributed by atoms with Crippen molar-refractivity contribution in [1.29, 1.82) is 5.26 Å². The zero-order valence-corrected chi connectivity index (χ0v) is 13.8. The summed E-state index contributed by atoms with van der Waals surface area (Å²) in [6.45, 7) is 7.99. The average molecular weight is 321 g/mol. The minimum absolute atomic E-state index is 0.678. The van der Waals surface area contributed by atoms with Crippen LogP contribution in [-0.2, 0) is 0 Å². The van der Waals surface area contributed by atoms with E-state index in [2.05, 4.69) is 47.2 Å². The summed E-state index contributed by atoms with van der Waals surface area (Å²) in [6.07, 6.45) is 0. The Labute approximate surface area is 142 Å². The van der Waals surface area contributed by atoms with Gasteiger partial charge in [0, 0.05) is 36.8 Å². The van der Waals surface area contributed by atoms with Gasteiger partial charge in [-0.25, -0.2) is 0 Å². The van der Waals surface area contributed by atoms with Crippen LogP contribution in [0.4, 0.5) is 5.69 Å². The van der Waals surface area contributed by atoms with E-state index in [0.29, 0.717) is 5.56 Å². The molecule has 0 unspecified atom stereocenters. The molecule has 1 fully saturated rings. The van der Waals surface area contributed by atoms with E-state index in [9.17, 15) is 0 Å². The van der Waals surface area contributed by atoms with Crippen molar-refractivity contribution < 1.29 is 0 Å². The highest BCUT2D eigenvalue weighted by atomic mass is 32.1. The maximum atomic E-state index is 8.88. The second-order valence-corrected chi connectivity index (χ2v) is 6.08. The standard InChI is InChI=1S/C19H19N3S/c1-15(17-8-6-16(14-20)7-9-17)21-10-12-22(13-11-21)18-4-2-3-5-19(18)23/h2-9,23H,1,10-13H2. The fourth-order valence-electron chi connectivity index (χ4n) is 2.87. The van der Waals surface area contributed by atoms with Gasteiger partial charge >= 0.3 is 0 Å². The van der Waals surface area contributed by atoms with Crippen molar-refractivity contribution >= 4 is 24.0 Å². The minimum Gasteiger partial charge on any atom is -0.368 e. The molecule has 0 N–H and O–H groups in total. The number of hydrogen-bond donors (Lipinski definition) is 1. The van der Waals surface area contributed by atoms with Gasteiger partial charge in [0.15, 0.2) is 0 Å². The van der Waals surface area contributed by atoms with Crippen LogP contribution in [0.25, 0.3) is 5.70 Å². The molecule has 0 saturated carbocycles. The van der Waals surface area contributed by atoms with E-state index in [1.807, 2.05) is 36.4 Å². The lowest BCUT2D eigenvalue weighted by atomic mass is 10.1. The van der Waals surface area contributed by atoms with Gasteiger partial charge < -0.3 is 9.80 Å². The highest BCUT2D eigenvalue weighted by Gasteiger charge is 2.19. The molecule has 1 saturated heterocycles. The highest BCUT2D eigenvalue weighted by Crippen LogP contribution is 2.26. The lowest BCUT2D eigenvalue weighted by Crippen LogP contribution is -2.45. The molecule has 2 aromatic rings. The van der Waals surface area contributed by atoms with Gasteiger partial charge in [0.1, 0.15) is 0 Å². The van der Waals surface area contributed by atoms with Crippen LogP contribution >= 0.6 is 12.6 Å². The Morgan fingerprint density at radius 2 is 1.65 bits per heavy atom. The van der Waals surface area contributed by atoms with Crippen LogP contribution in [0.2, 0.25) is 0 Å². The van der Waals surface area contributed by atoms with Crippen LogP contribution < -0.4 is 4.90 Å². The van der Waals surface area contributed by atoms with Gasteiger partial charge in [-0.1, -0.05) is 30.8 Å². The molecule has 0 spiro atoms. The number of hydrogen-bond acceptors (Lipinski definition) is 4. The number of rotatable bonds is 3. The zero-order chi connectivity index (χ0) is 16.2. The molecule has 0 atom stereocenters. The third-order valence-electron chi connectivity index (χ3n) is 4.23. The molecule has 0 aliphatic carbocycles. The third-order valence-corrected chi connectivity index (χ3v) is 4.61. The molecule has 4 heteroatoms. The topological polar surface area (TPSA) is 30.3 Å². The van der Waals surface area contributed by atoms with E-state index in [1.54, 1.807) is 0 Å². The molecule has 1 aliphatic heterocycles. The van der Waals surface area contributed by atoms with Crippen molar-refractivity contribution in [3.8, 4) is 6.07 Å². The summed E-state index contributed by atoms with van der Waals surface area (Å²) < 4.78 is 0. The molecule has 0 aromatic heterocycles. The quantitative estimate of drug-likeness (QED) is 0.876. The Morgan fingerprint density at radius 1 is 1.00 bits per heavy atom. The SMILES string of the molecule is C=C(c1ccc(C#N)cc1)N1CCN(c2ccccc2S)CC1. The second-order valence-electron chi connectivity index (χ2n) is 5.60. The van der Waals surface area contributed by atoms with Crippen molar-refractivity contribution in [2.45, 2.75) is 4.90 Å². The van der Waals surface area contributed by atoms with Crippen LogP contribution in [0, 0.1) is 11.3 Å². The molecule has 2 aromatic carbocycles. The molecule has 1 aliphatic rings. The summed E-state index contributed by atoms with van der Waals surface area (Å²) in [5.41, 5.74) is 3.97. The number of piperazine rings is 1. The number of nitriles is 1. The summed E-state index contributed by atoms with van der Waals surface area (Å²) in [5, 5.41) is 8.88. The molecular weight excluding hydrogens is 302 g/mol. The van der Waals surface area contributed by atoms with Crippen molar-refractivity contribution in [3.05, 3.63) is 66.2 Å². The lowest BCUT2D eigenvalue weighted by molar-refractivity contribution is 0.367. The molecule has 0 bridgehead atoms. The number of benzene rings is 2. The van der Waals surface area contributed by atoms with Crippen LogP contribution in [0.3, 0.4) is 0 Å². The van der Waals surface area contributed by atoms with Gasteiger partial charge in [0.2, 0.25) is 0 Å². The molecule has 0 radical (unpaired) electrons. The Balaban J connectivity index is 1.65. The summed E-state index contributed by atoms with van der Waals surface area (Å²) in [7, 11) is 0. The normalized spacial score (nSPS) is 14.4. The maximum absolute atomic E-state index is 8.88. The summed E-state index contributed by atoms with van der Waals surface area (Å²) in [4.78, 5) is 5.69. The Kier molecular flexibility index (Phi) is 4.59. The monoisotopic (exact) mass is 321 g/mol. The molecule has 23 heavy (non-hydrogen) atoms. The smallest absolute Gasteiger partial charge is 0.0991 e. The molecule has 0 amide bonds. The number of nitrogens with zero attached hydrogens (tertiary/aromatic N) is 3. The highest BCUT2D eigenvalue weighted by molar-refractivity contribution is 7.80. The van der Waals surface area contributed by atoms with Gasteiger partial charge in [0.25, 0.3) is 0 Å². The van der Waals surface area contributed by atoms with E-state index in [-0.39, 0.29) is 0 Å². The van der Waals surface area contributed by atoms with Gasteiger partial charge in [-0.05, 0) is 29.8 Å². The van der Waals surface area contributed by atoms with E-state index < -0.39 is 0 Å². The zero-order valence-electron chi connectivity index (χ0n) is 12.9. The predicted molar refractivity (Wildman–Crippen MR) is 97.7 cm³/mol. The largest absolute Gasteiger partial charge is 0.368 e. The van der Waals surface area contributed by atoms with Crippen molar-refractivity contribution in [2.24, 2.45) is 0 Å². The van der Waals surface area contributed by atoms with E-state index in [4.69, 9.17) is 5.26 Å². The summed E-state index contributed by atoms with van der Waals surface area (Å²) in [5.74, 6) is 0. The second kappa shape index (κ2) is 6.80. The number of anilines is 1. The first-order chi connectivity index (χ1) is 11.2.